The maximum atomic E-state index is 14.0. The van der Waals surface area contributed by atoms with Gasteiger partial charge >= 0.3 is 0 Å². The Kier molecular flexibility index (Phi) is 5.73. The van der Waals surface area contributed by atoms with Crippen molar-refractivity contribution >= 4 is 5.91 Å². The van der Waals surface area contributed by atoms with E-state index in [9.17, 15) is 14.3 Å². The van der Waals surface area contributed by atoms with Crippen LogP contribution in [0.1, 0.15) is 43.7 Å². The second-order valence-electron chi connectivity index (χ2n) is 7.97. The van der Waals surface area contributed by atoms with E-state index >= 15 is 0 Å². The van der Waals surface area contributed by atoms with Crippen LogP contribution in [0, 0.1) is 5.82 Å². The number of hydrogen-bond acceptors (Lipinski definition) is 5. The lowest BCUT2D eigenvalue weighted by Crippen LogP contribution is -2.52. The van der Waals surface area contributed by atoms with Gasteiger partial charge in [-0.3, -0.25) is 4.79 Å². The molecule has 0 aliphatic carbocycles. The van der Waals surface area contributed by atoms with E-state index in [1.54, 1.807) is 12.1 Å². The summed E-state index contributed by atoms with van der Waals surface area (Å²) in [4.78, 5) is 17.3. The highest BCUT2D eigenvalue weighted by atomic mass is 19.1. The molecule has 0 spiro atoms. The average molecular weight is 376 g/mol. The molecule has 6 nitrogen and oxygen atoms in total. The third-order valence-electron chi connectivity index (χ3n) is 6.27. The molecule has 3 N–H and O–H groups in total. The van der Waals surface area contributed by atoms with E-state index in [0.29, 0.717) is 18.0 Å². The van der Waals surface area contributed by atoms with Crippen LogP contribution in [-0.2, 0) is 4.79 Å². The van der Waals surface area contributed by atoms with Gasteiger partial charge in [-0.2, -0.15) is 0 Å². The fourth-order valence-electron chi connectivity index (χ4n) is 4.60. The van der Waals surface area contributed by atoms with Gasteiger partial charge in [0.15, 0.2) is 0 Å². The number of carbonyl (C=O) groups excluding carboxylic acids is 1. The van der Waals surface area contributed by atoms with Gasteiger partial charge in [0.25, 0.3) is 0 Å². The van der Waals surface area contributed by atoms with Crippen LogP contribution in [0.15, 0.2) is 24.3 Å². The smallest absolute Gasteiger partial charge is 0.241 e. The number of halogens is 1. The van der Waals surface area contributed by atoms with Crippen LogP contribution in [0.2, 0.25) is 0 Å². The van der Waals surface area contributed by atoms with Crippen molar-refractivity contribution in [1.82, 2.24) is 20.7 Å². The molecule has 2 unspecified atom stereocenters. The molecule has 2 atom stereocenters. The summed E-state index contributed by atoms with van der Waals surface area (Å²) in [6.07, 6.45) is 4.09. The number of rotatable bonds is 3. The standard InChI is InChI=1S/C20H29FN4O2/c21-17-4-2-1-3-16(17)18-13-19(23-22-18)20(27)25-9-5-14(6-10-25)24-11-7-15(26)8-12-24/h1-4,14-15,18-19,22-23,26H,5-13H2. The number of carbonyl (C=O) groups is 1. The summed E-state index contributed by atoms with van der Waals surface area (Å²) in [6, 6.07) is 6.74. The second kappa shape index (κ2) is 8.22. The molecular formula is C20H29FN4O2. The number of nitrogens with one attached hydrogen (secondary N) is 2. The summed E-state index contributed by atoms with van der Waals surface area (Å²) >= 11 is 0. The minimum atomic E-state index is -0.309. The summed E-state index contributed by atoms with van der Waals surface area (Å²) in [6.45, 7) is 3.45. The van der Waals surface area contributed by atoms with E-state index in [2.05, 4.69) is 15.8 Å². The molecule has 0 radical (unpaired) electrons. The first-order valence-corrected chi connectivity index (χ1v) is 10.1. The monoisotopic (exact) mass is 376 g/mol. The third-order valence-corrected chi connectivity index (χ3v) is 6.27. The van der Waals surface area contributed by atoms with Crippen LogP contribution < -0.4 is 10.9 Å². The van der Waals surface area contributed by atoms with Gasteiger partial charge in [-0.05, 0) is 38.2 Å². The molecule has 1 aromatic rings. The zero-order valence-corrected chi connectivity index (χ0v) is 15.6. The largest absolute Gasteiger partial charge is 0.393 e. The first-order valence-electron chi connectivity index (χ1n) is 10.1. The van der Waals surface area contributed by atoms with Gasteiger partial charge in [0.05, 0.1) is 12.1 Å². The lowest BCUT2D eigenvalue weighted by atomic mass is 9.97. The SMILES string of the molecule is O=C(C1CC(c2ccccc2F)NN1)N1CCC(N2CCC(O)CC2)CC1. The summed E-state index contributed by atoms with van der Waals surface area (Å²) in [5.41, 5.74) is 6.74. The number of aliphatic hydroxyl groups is 1. The predicted molar refractivity (Wildman–Crippen MR) is 100 cm³/mol. The van der Waals surface area contributed by atoms with E-state index < -0.39 is 0 Å². The fourth-order valence-corrected chi connectivity index (χ4v) is 4.60. The lowest BCUT2D eigenvalue weighted by Gasteiger charge is -2.41. The second-order valence-corrected chi connectivity index (χ2v) is 7.97. The van der Waals surface area contributed by atoms with E-state index in [-0.39, 0.29) is 29.9 Å². The minimum absolute atomic E-state index is 0.105. The van der Waals surface area contributed by atoms with Gasteiger partial charge in [-0.15, -0.1) is 0 Å². The van der Waals surface area contributed by atoms with Crippen LogP contribution in [0.4, 0.5) is 4.39 Å². The number of piperidine rings is 2. The number of nitrogens with zero attached hydrogens (tertiary/aromatic N) is 2. The minimum Gasteiger partial charge on any atom is -0.393 e. The highest BCUT2D eigenvalue weighted by Gasteiger charge is 2.36. The van der Waals surface area contributed by atoms with Crippen molar-refractivity contribution in [2.24, 2.45) is 0 Å². The van der Waals surface area contributed by atoms with E-state index in [1.165, 1.54) is 6.07 Å². The number of likely N-dealkylation sites (tertiary alicyclic amines) is 2. The highest BCUT2D eigenvalue weighted by Crippen LogP contribution is 2.27. The number of hydrogen-bond donors (Lipinski definition) is 3. The summed E-state index contributed by atoms with van der Waals surface area (Å²) in [7, 11) is 0. The summed E-state index contributed by atoms with van der Waals surface area (Å²) in [5, 5.41) is 9.67. The number of hydrazine groups is 1. The molecule has 148 valence electrons. The molecule has 3 aliphatic rings. The molecule has 3 fully saturated rings. The molecule has 3 aliphatic heterocycles. The zero-order chi connectivity index (χ0) is 18.8. The van der Waals surface area contributed by atoms with E-state index in [0.717, 1.165) is 51.9 Å². The topological polar surface area (TPSA) is 67.8 Å². The van der Waals surface area contributed by atoms with Gasteiger partial charge in [0, 0.05) is 37.8 Å². The van der Waals surface area contributed by atoms with Crippen molar-refractivity contribution in [3.63, 3.8) is 0 Å². The summed E-state index contributed by atoms with van der Waals surface area (Å²) < 4.78 is 14.0. The van der Waals surface area contributed by atoms with Crippen molar-refractivity contribution in [2.75, 3.05) is 26.2 Å². The van der Waals surface area contributed by atoms with Gasteiger partial charge < -0.3 is 14.9 Å². The van der Waals surface area contributed by atoms with Crippen molar-refractivity contribution in [2.45, 2.75) is 56.3 Å². The molecule has 4 rings (SSSR count). The number of aliphatic hydroxyl groups excluding tert-OH is 1. The first-order chi connectivity index (χ1) is 13.1. The molecular weight excluding hydrogens is 347 g/mol. The zero-order valence-electron chi connectivity index (χ0n) is 15.6. The maximum absolute atomic E-state index is 14.0. The Labute approximate surface area is 159 Å². The molecule has 0 bridgehead atoms. The van der Waals surface area contributed by atoms with Crippen molar-refractivity contribution < 1.29 is 14.3 Å². The van der Waals surface area contributed by atoms with Gasteiger partial charge in [0.1, 0.15) is 11.9 Å². The average Bonchev–Trinajstić information content (AvgIpc) is 3.18. The van der Waals surface area contributed by atoms with Gasteiger partial charge in [0.2, 0.25) is 5.91 Å². The predicted octanol–water partition coefficient (Wildman–Crippen LogP) is 1.18. The Morgan fingerprint density at radius 3 is 2.44 bits per heavy atom. The Bertz CT molecular complexity index is 657. The van der Waals surface area contributed by atoms with Crippen LogP contribution in [0.5, 0.6) is 0 Å². The Balaban J connectivity index is 1.28. The van der Waals surface area contributed by atoms with Gasteiger partial charge in [-0.1, -0.05) is 18.2 Å². The van der Waals surface area contributed by atoms with Crippen LogP contribution in [0.3, 0.4) is 0 Å². The Morgan fingerprint density at radius 1 is 1.04 bits per heavy atom. The third kappa shape index (κ3) is 4.16. The lowest BCUT2D eigenvalue weighted by molar-refractivity contribution is -0.134. The van der Waals surface area contributed by atoms with Crippen LogP contribution >= 0.6 is 0 Å². The first kappa shape index (κ1) is 18.8. The molecule has 1 amide bonds. The normalized spacial score (nSPS) is 28.6. The quantitative estimate of drug-likeness (QED) is 0.739. The van der Waals surface area contributed by atoms with E-state index in [1.807, 2.05) is 11.0 Å². The van der Waals surface area contributed by atoms with Gasteiger partial charge in [-0.25, -0.2) is 15.2 Å². The van der Waals surface area contributed by atoms with Crippen molar-refractivity contribution in [1.29, 1.82) is 0 Å². The maximum Gasteiger partial charge on any atom is 0.241 e. The molecule has 27 heavy (non-hydrogen) atoms. The number of amides is 1. The van der Waals surface area contributed by atoms with Crippen LogP contribution in [-0.4, -0.2) is 65.2 Å². The van der Waals surface area contributed by atoms with Crippen molar-refractivity contribution in [3.8, 4) is 0 Å². The molecule has 3 saturated heterocycles. The molecule has 3 heterocycles. The van der Waals surface area contributed by atoms with Crippen LogP contribution in [0.25, 0.3) is 0 Å². The molecule has 0 saturated carbocycles. The Morgan fingerprint density at radius 2 is 1.74 bits per heavy atom. The molecule has 0 aromatic heterocycles. The Hall–Kier alpha value is -1.54. The van der Waals surface area contributed by atoms with E-state index in [4.69, 9.17) is 0 Å². The van der Waals surface area contributed by atoms with Crippen molar-refractivity contribution in [3.05, 3.63) is 35.6 Å². The number of benzene rings is 1. The molecule has 7 heteroatoms. The molecule has 1 aromatic carbocycles. The fraction of sp³-hybridized carbons (Fsp3) is 0.650. The summed E-state index contributed by atoms with van der Waals surface area (Å²) in [5.74, 6) is -0.133. The highest BCUT2D eigenvalue weighted by molar-refractivity contribution is 5.82.